The highest BCUT2D eigenvalue weighted by Crippen LogP contribution is 2.57. The number of imidazole rings is 1. The minimum Gasteiger partial charge on any atom is -0.486 e. The van der Waals surface area contributed by atoms with E-state index in [4.69, 9.17) is 14.2 Å². The zero-order valence-electron chi connectivity index (χ0n) is 23.5. The van der Waals surface area contributed by atoms with Crippen LogP contribution in [-0.2, 0) is 19.8 Å². The third-order valence-corrected chi connectivity index (χ3v) is 7.66. The maximum atomic E-state index is 13.6. The highest BCUT2D eigenvalue weighted by molar-refractivity contribution is 5.66. The molecule has 1 aromatic carbocycles. The molecule has 0 N–H and O–H groups in total. The molecule has 0 radical (unpaired) electrons. The monoisotopic (exact) mass is 620 g/mol. The highest BCUT2D eigenvalue weighted by Gasteiger charge is 2.64. The van der Waals surface area contributed by atoms with Crippen molar-refractivity contribution >= 4 is 0 Å². The van der Waals surface area contributed by atoms with Crippen molar-refractivity contribution in [2.75, 3.05) is 13.7 Å². The molecule has 2 aliphatic carbocycles. The molecule has 6 rings (SSSR count). The molecule has 0 atom stereocenters. The maximum absolute atomic E-state index is 13.6. The lowest BCUT2D eigenvalue weighted by atomic mass is 10.1. The van der Waals surface area contributed by atoms with Crippen LogP contribution in [-0.4, -0.2) is 49.4 Å². The first-order valence-electron chi connectivity index (χ1n) is 13.7. The van der Waals surface area contributed by atoms with E-state index in [0.29, 0.717) is 22.4 Å². The Morgan fingerprint density at radius 1 is 0.932 bits per heavy atom. The van der Waals surface area contributed by atoms with Crippen molar-refractivity contribution in [2.45, 2.75) is 50.6 Å². The summed E-state index contributed by atoms with van der Waals surface area (Å²) in [6.07, 6.45) is -3.68. The van der Waals surface area contributed by atoms with Gasteiger partial charge in [0.15, 0.2) is 17.3 Å². The summed E-state index contributed by atoms with van der Waals surface area (Å²) in [5.41, 5.74) is -0.710. The Morgan fingerprint density at radius 3 is 2.25 bits per heavy atom. The van der Waals surface area contributed by atoms with Gasteiger partial charge in [-0.1, -0.05) is 24.3 Å². The second kappa shape index (κ2) is 10.9. The minimum absolute atomic E-state index is 0.0399. The molecule has 2 aliphatic rings. The van der Waals surface area contributed by atoms with Crippen LogP contribution < -0.4 is 14.2 Å². The molecule has 0 unspecified atom stereocenters. The molecule has 0 amide bonds. The van der Waals surface area contributed by atoms with Crippen LogP contribution >= 0.6 is 0 Å². The van der Waals surface area contributed by atoms with Gasteiger partial charge >= 0.3 is 12.4 Å². The summed E-state index contributed by atoms with van der Waals surface area (Å²) in [7, 11) is 2.91. The molecule has 2 saturated carbocycles. The largest absolute Gasteiger partial charge is 0.486 e. The molecule has 0 bridgehead atoms. The Hall–Kier alpha value is -4.43. The Balaban J connectivity index is 1.27. The van der Waals surface area contributed by atoms with Gasteiger partial charge < -0.3 is 18.8 Å². The predicted molar refractivity (Wildman–Crippen MR) is 143 cm³/mol. The molecule has 4 aromatic rings. The normalized spacial score (nSPS) is 16.1. The zero-order valence-corrected chi connectivity index (χ0v) is 23.5. The van der Waals surface area contributed by atoms with Crippen LogP contribution in [0.4, 0.5) is 26.3 Å². The first kappa shape index (κ1) is 29.6. The predicted octanol–water partition coefficient (Wildman–Crippen LogP) is 6.54. The molecule has 0 aliphatic heterocycles. The Kier molecular flexibility index (Phi) is 7.36. The molecule has 3 aromatic heterocycles. The van der Waals surface area contributed by atoms with Gasteiger partial charge in [0.1, 0.15) is 36.3 Å². The number of rotatable bonds is 10. The number of hydrogen-bond acceptors (Lipinski definition) is 8. The number of hydrogen-bond donors (Lipinski definition) is 0. The summed E-state index contributed by atoms with van der Waals surface area (Å²) < 4.78 is 98.3. The molecule has 44 heavy (non-hydrogen) atoms. The summed E-state index contributed by atoms with van der Waals surface area (Å²) in [5.74, 6) is 0.547. The topological polar surface area (TPSA) is 97.1 Å². The molecule has 9 nitrogen and oxygen atoms in total. The third kappa shape index (κ3) is 5.86. The van der Waals surface area contributed by atoms with Crippen molar-refractivity contribution in [3.05, 3.63) is 59.9 Å². The van der Waals surface area contributed by atoms with E-state index in [2.05, 4.69) is 24.9 Å². The fourth-order valence-corrected chi connectivity index (χ4v) is 4.74. The van der Waals surface area contributed by atoms with Crippen LogP contribution in [0.2, 0.25) is 0 Å². The van der Waals surface area contributed by atoms with Gasteiger partial charge in [0, 0.05) is 24.7 Å². The SMILES string of the molecule is COc1ncnc(C2CC2)c1-c1ncc(OCC2(C(F)(F)F)CC2)c(OCc2ccc(-c3nc(C(F)(F)F)cn3C)cc2)n1. The van der Waals surface area contributed by atoms with Gasteiger partial charge in [-0.2, -0.15) is 31.3 Å². The van der Waals surface area contributed by atoms with E-state index >= 15 is 0 Å². The second-order valence-electron chi connectivity index (χ2n) is 10.9. The van der Waals surface area contributed by atoms with Crippen molar-refractivity contribution in [1.82, 2.24) is 29.5 Å². The Labute approximate surface area is 247 Å². The molecule has 3 heterocycles. The number of alkyl halides is 6. The molecule has 0 saturated heterocycles. The van der Waals surface area contributed by atoms with Crippen LogP contribution in [0.15, 0.2) is 43.0 Å². The lowest BCUT2D eigenvalue weighted by Gasteiger charge is -2.20. The fraction of sp³-hybridized carbons (Fsp3) is 0.414. The van der Waals surface area contributed by atoms with Crippen molar-refractivity contribution in [1.29, 1.82) is 0 Å². The number of aromatic nitrogens is 6. The van der Waals surface area contributed by atoms with E-state index in [1.807, 2.05) is 0 Å². The summed E-state index contributed by atoms with van der Waals surface area (Å²) in [6.45, 7) is -0.692. The maximum Gasteiger partial charge on any atom is 0.434 e. The average molecular weight is 621 g/mol. The van der Waals surface area contributed by atoms with Crippen molar-refractivity contribution in [2.24, 2.45) is 12.5 Å². The van der Waals surface area contributed by atoms with Crippen LogP contribution in [0, 0.1) is 5.41 Å². The molecule has 2 fully saturated rings. The first-order chi connectivity index (χ1) is 20.9. The fourth-order valence-electron chi connectivity index (χ4n) is 4.74. The molecule has 15 heteroatoms. The Morgan fingerprint density at radius 2 is 1.66 bits per heavy atom. The summed E-state index contributed by atoms with van der Waals surface area (Å²) in [6, 6.07) is 6.47. The van der Waals surface area contributed by atoms with Gasteiger partial charge in [0.2, 0.25) is 5.88 Å². The summed E-state index contributed by atoms with van der Waals surface area (Å²) >= 11 is 0. The lowest BCUT2D eigenvalue weighted by Crippen LogP contribution is -2.30. The second-order valence-corrected chi connectivity index (χ2v) is 10.9. The minimum atomic E-state index is -4.57. The number of ether oxygens (including phenoxy) is 3. The molecule has 0 spiro atoms. The van der Waals surface area contributed by atoms with Crippen molar-refractivity contribution in [3.8, 4) is 40.3 Å². The molecule has 232 valence electrons. The number of halogens is 6. The van der Waals surface area contributed by atoms with E-state index < -0.39 is 30.1 Å². The molecular weight excluding hydrogens is 594 g/mol. The summed E-state index contributed by atoms with van der Waals surface area (Å²) in [4.78, 5) is 21.1. The quantitative estimate of drug-likeness (QED) is 0.185. The van der Waals surface area contributed by atoms with Crippen molar-refractivity contribution in [3.63, 3.8) is 0 Å². The Bertz CT molecular complexity index is 1660. The zero-order chi connectivity index (χ0) is 31.3. The van der Waals surface area contributed by atoms with Gasteiger partial charge in [0.05, 0.1) is 19.0 Å². The van der Waals surface area contributed by atoms with E-state index in [-0.39, 0.29) is 54.5 Å². The van der Waals surface area contributed by atoms with E-state index in [9.17, 15) is 26.3 Å². The standard InChI is InChI=1S/C29H26F6N6O3/c1-41-12-20(28(30,31)32)39-24(41)18-5-3-16(4-6-18)13-43-25-19(44-14-27(9-10-27)29(33,34)35)11-36-23(40-25)21-22(17-7-8-17)37-15-38-26(21)42-2/h3-6,11-12,15,17H,7-10,13-14H2,1-2H3. The number of methoxy groups -OCH3 is 1. The van der Waals surface area contributed by atoms with Crippen LogP contribution in [0.3, 0.4) is 0 Å². The van der Waals surface area contributed by atoms with E-state index in [1.54, 1.807) is 24.3 Å². The van der Waals surface area contributed by atoms with E-state index in [0.717, 1.165) is 19.0 Å². The lowest BCUT2D eigenvalue weighted by molar-refractivity contribution is -0.194. The molecular formula is C29H26F6N6O3. The van der Waals surface area contributed by atoms with Gasteiger partial charge in [0.25, 0.3) is 5.88 Å². The van der Waals surface area contributed by atoms with Crippen molar-refractivity contribution < 1.29 is 40.6 Å². The number of benzene rings is 1. The third-order valence-electron chi connectivity index (χ3n) is 7.66. The van der Waals surface area contributed by atoms with Gasteiger partial charge in [-0.15, -0.1) is 0 Å². The number of nitrogens with zero attached hydrogens (tertiary/aromatic N) is 6. The first-order valence-corrected chi connectivity index (χ1v) is 13.7. The average Bonchev–Trinajstić information content (AvgIpc) is 3.92. The highest BCUT2D eigenvalue weighted by atomic mass is 19.4. The number of aryl methyl sites for hydroxylation is 1. The van der Waals surface area contributed by atoms with E-state index in [1.165, 1.54) is 31.2 Å². The van der Waals surface area contributed by atoms with Gasteiger partial charge in [-0.05, 0) is 31.2 Å². The van der Waals surface area contributed by atoms with Gasteiger partial charge in [-0.25, -0.2) is 19.9 Å². The van der Waals surface area contributed by atoms with Gasteiger partial charge in [-0.3, -0.25) is 0 Å². The smallest absolute Gasteiger partial charge is 0.434 e. The summed E-state index contributed by atoms with van der Waals surface area (Å²) in [5, 5.41) is 0. The van der Waals surface area contributed by atoms with Crippen LogP contribution in [0.25, 0.3) is 22.8 Å². The van der Waals surface area contributed by atoms with Crippen LogP contribution in [0.5, 0.6) is 17.5 Å². The van der Waals surface area contributed by atoms with Crippen LogP contribution in [0.1, 0.15) is 48.6 Å².